The fourth-order valence-electron chi connectivity index (χ4n) is 1.59. The molecule has 2 heterocycles. The summed E-state index contributed by atoms with van der Waals surface area (Å²) < 4.78 is 5.25. The standard InChI is InChI=1S/C8H13N5O2/c1-5(6-2-3-15-4-6)9-8(14)7-10-12-13-11-7/h5-6H,2-4H2,1H3,(H,9,14)(H,10,11,12,13). The van der Waals surface area contributed by atoms with E-state index in [0.717, 1.165) is 13.0 Å². The molecule has 2 unspecified atom stereocenters. The van der Waals surface area contributed by atoms with Crippen LogP contribution in [0.2, 0.25) is 0 Å². The van der Waals surface area contributed by atoms with Gasteiger partial charge in [-0.25, -0.2) is 0 Å². The van der Waals surface area contributed by atoms with Crippen molar-refractivity contribution in [1.29, 1.82) is 0 Å². The zero-order chi connectivity index (χ0) is 10.7. The van der Waals surface area contributed by atoms with E-state index >= 15 is 0 Å². The molecule has 1 amide bonds. The van der Waals surface area contributed by atoms with E-state index in [1.54, 1.807) is 0 Å². The van der Waals surface area contributed by atoms with Gasteiger partial charge in [0, 0.05) is 18.6 Å². The predicted molar refractivity (Wildman–Crippen MR) is 50.0 cm³/mol. The minimum Gasteiger partial charge on any atom is -0.381 e. The lowest BCUT2D eigenvalue weighted by atomic mass is 10.0. The van der Waals surface area contributed by atoms with Crippen molar-refractivity contribution in [2.45, 2.75) is 19.4 Å². The number of aromatic nitrogens is 4. The predicted octanol–water partition coefficient (Wildman–Crippen LogP) is -0.646. The van der Waals surface area contributed by atoms with Crippen LogP contribution in [0, 0.1) is 5.92 Å². The highest BCUT2D eigenvalue weighted by Crippen LogP contribution is 2.16. The van der Waals surface area contributed by atoms with Crippen LogP contribution in [-0.4, -0.2) is 45.8 Å². The van der Waals surface area contributed by atoms with Gasteiger partial charge < -0.3 is 10.1 Å². The molecular formula is C8H13N5O2. The van der Waals surface area contributed by atoms with Gasteiger partial charge in [-0.2, -0.15) is 5.21 Å². The lowest BCUT2D eigenvalue weighted by molar-refractivity contribution is 0.0911. The molecule has 7 heteroatoms. The normalized spacial score (nSPS) is 22.6. The largest absolute Gasteiger partial charge is 0.381 e. The molecule has 15 heavy (non-hydrogen) atoms. The zero-order valence-electron chi connectivity index (χ0n) is 8.43. The van der Waals surface area contributed by atoms with Gasteiger partial charge in [-0.15, -0.1) is 10.2 Å². The van der Waals surface area contributed by atoms with Gasteiger partial charge in [0.2, 0.25) is 0 Å². The summed E-state index contributed by atoms with van der Waals surface area (Å²) in [5.74, 6) is 0.143. The number of hydrogen-bond donors (Lipinski definition) is 2. The monoisotopic (exact) mass is 211 g/mol. The average molecular weight is 211 g/mol. The lowest BCUT2D eigenvalue weighted by Gasteiger charge is -2.17. The van der Waals surface area contributed by atoms with Gasteiger partial charge in [-0.05, 0) is 18.6 Å². The lowest BCUT2D eigenvalue weighted by Crippen LogP contribution is -2.38. The Hall–Kier alpha value is -1.50. The van der Waals surface area contributed by atoms with Crippen molar-refractivity contribution < 1.29 is 9.53 Å². The van der Waals surface area contributed by atoms with Gasteiger partial charge >= 0.3 is 0 Å². The Morgan fingerprint density at radius 2 is 2.60 bits per heavy atom. The van der Waals surface area contributed by atoms with E-state index in [-0.39, 0.29) is 17.8 Å². The SMILES string of the molecule is CC(NC(=O)c1nn[nH]n1)C1CCOC1. The molecule has 82 valence electrons. The van der Waals surface area contributed by atoms with Crippen LogP contribution in [0.4, 0.5) is 0 Å². The van der Waals surface area contributed by atoms with E-state index in [2.05, 4.69) is 25.9 Å². The van der Waals surface area contributed by atoms with Crippen molar-refractivity contribution in [2.75, 3.05) is 13.2 Å². The number of nitrogens with zero attached hydrogens (tertiary/aromatic N) is 3. The van der Waals surface area contributed by atoms with Crippen LogP contribution < -0.4 is 5.32 Å². The molecule has 2 atom stereocenters. The van der Waals surface area contributed by atoms with Crippen molar-refractivity contribution in [2.24, 2.45) is 5.92 Å². The summed E-state index contributed by atoms with van der Waals surface area (Å²) in [5, 5.41) is 15.6. The number of carbonyl (C=O) groups excluding carboxylic acids is 1. The van der Waals surface area contributed by atoms with Crippen LogP contribution in [-0.2, 0) is 4.74 Å². The molecule has 0 radical (unpaired) electrons. The number of hydrogen-bond acceptors (Lipinski definition) is 5. The van der Waals surface area contributed by atoms with Crippen LogP contribution in [0.5, 0.6) is 0 Å². The number of nitrogens with one attached hydrogen (secondary N) is 2. The third-order valence-corrected chi connectivity index (χ3v) is 2.58. The minimum absolute atomic E-state index is 0.0681. The topological polar surface area (TPSA) is 92.8 Å². The van der Waals surface area contributed by atoms with Crippen molar-refractivity contribution in [3.05, 3.63) is 5.82 Å². The zero-order valence-corrected chi connectivity index (χ0v) is 8.43. The fraction of sp³-hybridized carbons (Fsp3) is 0.750. The molecule has 1 aromatic rings. The van der Waals surface area contributed by atoms with Crippen LogP contribution in [0.1, 0.15) is 24.0 Å². The first-order valence-corrected chi connectivity index (χ1v) is 4.89. The summed E-state index contributed by atoms with van der Waals surface area (Å²) in [4.78, 5) is 11.5. The minimum atomic E-state index is -0.303. The first kappa shape index (κ1) is 10.0. The van der Waals surface area contributed by atoms with Crippen molar-refractivity contribution in [3.8, 4) is 0 Å². The van der Waals surface area contributed by atoms with Gasteiger partial charge in [0.05, 0.1) is 6.61 Å². The number of H-pyrrole nitrogens is 1. The van der Waals surface area contributed by atoms with Crippen molar-refractivity contribution >= 4 is 5.91 Å². The van der Waals surface area contributed by atoms with E-state index in [9.17, 15) is 4.79 Å². The molecule has 0 saturated carbocycles. The molecular weight excluding hydrogens is 198 g/mol. The smallest absolute Gasteiger partial charge is 0.293 e. The van der Waals surface area contributed by atoms with Gasteiger partial charge in [0.1, 0.15) is 0 Å². The Labute approximate surface area is 86.6 Å². The van der Waals surface area contributed by atoms with Gasteiger partial charge in [0.25, 0.3) is 11.7 Å². The molecule has 7 nitrogen and oxygen atoms in total. The summed E-state index contributed by atoms with van der Waals surface area (Å²) in [6.45, 7) is 3.43. The van der Waals surface area contributed by atoms with Crippen LogP contribution in [0.25, 0.3) is 0 Å². The second-order valence-electron chi connectivity index (χ2n) is 3.62. The maximum Gasteiger partial charge on any atom is 0.293 e. The van der Waals surface area contributed by atoms with E-state index in [4.69, 9.17) is 4.74 Å². The maximum atomic E-state index is 11.5. The average Bonchev–Trinajstić information content (AvgIpc) is 2.91. The molecule has 1 saturated heterocycles. The summed E-state index contributed by atoms with van der Waals surface area (Å²) in [6, 6.07) is 0.0681. The quantitative estimate of drug-likeness (QED) is 0.693. The number of ether oxygens (including phenoxy) is 1. The number of tetrazole rings is 1. The molecule has 0 spiro atoms. The molecule has 2 rings (SSSR count). The van der Waals surface area contributed by atoms with Gasteiger partial charge in [-0.3, -0.25) is 4.79 Å². The highest BCUT2D eigenvalue weighted by molar-refractivity contribution is 5.90. The summed E-state index contributed by atoms with van der Waals surface area (Å²) in [7, 11) is 0. The first-order valence-electron chi connectivity index (χ1n) is 4.89. The second kappa shape index (κ2) is 4.35. The molecule has 1 aliphatic heterocycles. The highest BCUT2D eigenvalue weighted by Gasteiger charge is 2.24. The molecule has 2 N–H and O–H groups in total. The second-order valence-corrected chi connectivity index (χ2v) is 3.62. The van der Waals surface area contributed by atoms with E-state index in [0.29, 0.717) is 12.5 Å². The summed E-state index contributed by atoms with van der Waals surface area (Å²) >= 11 is 0. The number of carbonyl (C=O) groups is 1. The Balaban J connectivity index is 1.88. The van der Waals surface area contributed by atoms with E-state index < -0.39 is 0 Å². The van der Waals surface area contributed by atoms with Crippen molar-refractivity contribution in [3.63, 3.8) is 0 Å². The highest BCUT2D eigenvalue weighted by atomic mass is 16.5. The first-order chi connectivity index (χ1) is 7.27. The molecule has 0 aliphatic carbocycles. The van der Waals surface area contributed by atoms with Crippen molar-refractivity contribution in [1.82, 2.24) is 25.9 Å². The molecule has 0 aromatic carbocycles. The Morgan fingerprint density at radius 3 is 3.20 bits per heavy atom. The third-order valence-electron chi connectivity index (χ3n) is 2.58. The fourth-order valence-corrected chi connectivity index (χ4v) is 1.59. The molecule has 1 aromatic heterocycles. The van der Waals surface area contributed by atoms with Crippen LogP contribution >= 0.6 is 0 Å². The van der Waals surface area contributed by atoms with E-state index in [1.807, 2.05) is 6.92 Å². The van der Waals surface area contributed by atoms with Crippen LogP contribution in [0.3, 0.4) is 0 Å². The Bertz CT molecular complexity index is 320. The summed E-state index contributed by atoms with van der Waals surface area (Å²) in [6.07, 6.45) is 0.980. The molecule has 1 aliphatic rings. The van der Waals surface area contributed by atoms with Crippen LogP contribution in [0.15, 0.2) is 0 Å². The van der Waals surface area contributed by atoms with Gasteiger partial charge in [-0.1, -0.05) is 0 Å². The Morgan fingerprint density at radius 1 is 1.73 bits per heavy atom. The van der Waals surface area contributed by atoms with Gasteiger partial charge in [0.15, 0.2) is 0 Å². The molecule has 0 bridgehead atoms. The molecule has 1 fully saturated rings. The number of rotatable bonds is 3. The number of aromatic amines is 1. The third kappa shape index (κ3) is 2.30. The maximum absolute atomic E-state index is 11.5. The van der Waals surface area contributed by atoms with E-state index in [1.165, 1.54) is 0 Å². The Kier molecular flexibility index (Phi) is 2.91. The summed E-state index contributed by atoms with van der Waals surface area (Å²) in [5.41, 5.74) is 0. The number of amides is 1.